The minimum absolute atomic E-state index is 0.0759. The maximum atomic E-state index is 13.2. The summed E-state index contributed by atoms with van der Waals surface area (Å²) in [5, 5.41) is 0. The number of piperidine rings is 2. The van der Waals surface area contributed by atoms with Crippen LogP contribution < -0.4 is 4.72 Å². The van der Waals surface area contributed by atoms with E-state index in [1.165, 1.54) is 31.0 Å². The molecule has 2 aromatic carbocycles. The van der Waals surface area contributed by atoms with Gasteiger partial charge in [-0.1, -0.05) is 30.7 Å². The highest BCUT2D eigenvalue weighted by Gasteiger charge is 2.24. The van der Waals surface area contributed by atoms with Crippen LogP contribution in [0.25, 0.3) is 0 Å². The lowest BCUT2D eigenvalue weighted by Gasteiger charge is -2.27. The number of nitrogens with one attached hydrogen (secondary N) is 1. The number of sulfonamides is 1. The lowest BCUT2D eigenvalue weighted by molar-refractivity contribution is 0.0720. The maximum Gasteiger partial charge on any atom is 0.255 e. The number of nitrogens with zero attached hydrogens (tertiary/aromatic N) is 2. The third kappa shape index (κ3) is 6.22. The average Bonchev–Trinajstić information content (AvgIpc) is 2.88. The normalized spacial score (nSPS) is 17.6. The monoisotopic (exact) mass is 501 g/mol. The van der Waals surface area contributed by atoms with E-state index in [-0.39, 0.29) is 17.3 Å². The molecule has 0 aromatic heterocycles. The number of likely N-dealkylation sites (tertiary alicyclic amines) is 2. The molecule has 0 radical (unpaired) electrons. The number of benzene rings is 2. The second-order valence-electron chi connectivity index (χ2n) is 9.15. The minimum atomic E-state index is -3.76. The summed E-state index contributed by atoms with van der Waals surface area (Å²) >= 11 is 1.47. The molecule has 0 unspecified atom stereocenters. The largest absolute Gasteiger partial charge is 0.339 e. The van der Waals surface area contributed by atoms with Crippen molar-refractivity contribution in [3.63, 3.8) is 0 Å². The van der Waals surface area contributed by atoms with Crippen LogP contribution in [0.3, 0.4) is 0 Å². The third-order valence-corrected chi connectivity index (χ3v) is 8.96. The molecule has 2 aromatic rings. The van der Waals surface area contributed by atoms with Crippen molar-refractivity contribution in [2.75, 3.05) is 32.4 Å². The van der Waals surface area contributed by atoms with Crippen LogP contribution in [-0.2, 0) is 23.1 Å². The first kappa shape index (κ1) is 25.2. The van der Waals surface area contributed by atoms with Crippen LogP contribution in [0.4, 0.5) is 0 Å². The smallest absolute Gasteiger partial charge is 0.255 e. The van der Waals surface area contributed by atoms with E-state index in [4.69, 9.17) is 0 Å². The molecule has 0 spiro atoms. The number of hydrogen-bond donors (Lipinski definition) is 1. The topological polar surface area (TPSA) is 69.7 Å². The first-order valence-electron chi connectivity index (χ1n) is 12.2. The van der Waals surface area contributed by atoms with Crippen LogP contribution in [0.2, 0.25) is 0 Å². The highest BCUT2D eigenvalue weighted by Crippen LogP contribution is 2.26. The van der Waals surface area contributed by atoms with Crippen molar-refractivity contribution >= 4 is 27.7 Å². The second-order valence-corrected chi connectivity index (χ2v) is 11.8. The molecule has 6 nitrogen and oxygen atoms in total. The second kappa shape index (κ2) is 11.7. The lowest BCUT2D eigenvalue weighted by atomic mass is 10.1. The van der Waals surface area contributed by atoms with Gasteiger partial charge in [-0.25, -0.2) is 13.1 Å². The Morgan fingerprint density at radius 2 is 1.56 bits per heavy atom. The van der Waals surface area contributed by atoms with Gasteiger partial charge < -0.3 is 4.90 Å². The Kier molecular flexibility index (Phi) is 8.69. The van der Waals surface area contributed by atoms with Crippen LogP contribution in [0.1, 0.15) is 60.0 Å². The Labute approximate surface area is 208 Å². The fourth-order valence-corrected chi connectivity index (χ4v) is 6.39. The zero-order chi connectivity index (χ0) is 24.0. The van der Waals surface area contributed by atoms with Crippen molar-refractivity contribution in [1.29, 1.82) is 0 Å². The SMILES string of the molecule is CSc1ccc(S(=O)(=O)NCc2ccccc2CN2CCCCC2)cc1C(=O)N1CCCCC1. The summed E-state index contributed by atoms with van der Waals surface area (Å²) in [7, 11) is -3.76. The molecule has 4 rings (SSSR count). The number of carbonyl (C=O) groups excluding carboxylic acids is 1. The first-order valence-corrected chi connectivity index (χ1v) is 14.9. The Morgan fingerprint density at radius 1 is 0.912 bits per heavy atom. The van der Waals surface area contributed by atoms with E-state index in [2.05, 4.69) is 15.7 Å². The summed E-state index contributed by atoms with van der Waals surface area (Å²) < 4.78 is 29.2. The number of amides is 1. The Morgan fingerprint density at radius 3 is 2.24 bits per heavy atom. The van der Waals surface area contributed by atoms with Crippen molar-refractivity contribution < 1.29 is 13.2 Å². The summed E-state index contributed by atoms with van der Waals surface area (Å²) in [5.41, 5.74) is 2.62. The standard InChI is InChI=1S/C26H35N3O3S2/c1-33-25-13-12-23(18-24(25)26(30)29-16-8-3-9-17-29)34(31,32)27-19-21-10-4-5-11-22(21)20-28-14-6-2-7-15-28/h4-5,10-13,18,27H,2-3,6-9,14-17,19-20H2,1H3. The van der Waals surface area contributed by atoms with Crippen molar-refractivity contribution in [3.8, 4) is 0 Å². The fraction of sp³-hybridized carbons (Fsp3) is 0.500. The lowest BCUT2D eigenvalue weighted by Crippen LogP contribution is -2.36. The molecule has 184 valence electrons. The van der Waals surface area contributed by atoms with E-state index in [0.717, 1.165) is 68.0 Å². The molecule has 8 heteroatoms. The number of hydrogen-bond acceptors (Lipinski definition) is 5. The summed E-state index contributed by atoms with van der Waals surface area (Å²) in [5.74, 6) is -0.0759. The summed E-state index contributed by atoms with van der Waals surface area (Å²) in [4.78, 5) is 18.4. The van der Waals surface area contributed by atoms with Crippen molar-refractivity contribution in [1.82, 2.24) is 14.5 Å². The summed E-state index contributed by atoms with van der Waals surface area (Å²) in [6, 6.07) is 12.9. The highest BCUT2D eigenvalue weighted by atomic mass is 32.2. The molecule has 1 N–H and O–H groups in total. The summed E-state index contributed by atoms with van der Waals surface area (Å²) in [6.45, 7) is 4.72. The number of thioether (sulfide) groups is 1. The van der Waals surface area contributed by atoms with E-state index in [1.54, 1.807) is 18.2 Å². The molecule has 2 fully saturated rings. The molecule has 2 saturated heterocycles. The van der Waals surface area contributed by atoms with Gasteiger partial charge in [-0.3, -0.25) is 9.69 Å². The van der Waals surface area contributed by atoms with Gasteiger partial charge in [0.2, 0.25) is 10.0 Å². The van der Waals surface area contributed by atoms with E-state index in [0.29, 0.717) is 5.56 Å². The predicted octanol–water partition coefficient (Wildman–Crippen LogP) is 4.50. The van der Waals surface area contributed by atoms with Gasteiger partial charge >= 0.3 is 0 Å². The van der Waals surface area contributed by atoms with Crippen LogP contribution in [-0.4, -0.2) is 56.6 Å². The van der Waals surface area contributed by atoms with E-state index in [1.807, 2.05) is 29.4 Å². The molecule has 0 bridgehead atoms. The highest BCUT2D eigenvalue weighted by molar-refractivity contribution is 7.98. The van der Waals surface area contributed by atoms with Crippen LogP contribution in [0.15, 0.2) is 52.3 Å². The van der Waals surface area contributed by atoms with Crippen molar-refractivity contribution in [2.45, 2.75) is 61.4 Å². The van der Waals surface area contributed by atoms with E-state index < -0.39 is 10.0 Å². The van der Waals surface area contributed by atoms with Gasteiger partial charge in [-0.2, -0.15) is 0 Å². The van der Waals surface area contributed by atoms with Gasteiger partial charge in [0.15, 0.2) is 0 Å². The van der Waals surface area contributed by atoms with Crippen LogP contribution in [0, 0.1) is 0 Å². The molecule has 0 atom stereocenters. The van der Waals surface area contributed by atoms with Gasteiger partial charge in [-0.15, -0.1) is 11.8 Å². The first-order chi connectivity index (χ1) is 16.5. The molecular weight excluding hydrogens is 466 g/mol. The molecule has 1 amide bonds. The van der Waals surface area contributed by atoms with Gasteiger partial charge in [0, 0.05) is 31.1 Å². The average molecular weight is 502 g/mol. The molecule has 2 aliphatic rings. The Bertz CT molecular complexity index is 1090. The number of rotatable bonds is 8. The Hall–Kier alpha value is -1.87. The van der Waals surface area contributed by atoms with Gasteiger partial charge in [0.25, 0.3) is 5.91 Å². The van der Waals surface area contributed by atoms with Gasteiger partial charge in [0.1, 0.15) is 0 Å². The van der Waals surface area contributed by atoms with Gasteiger partial charge in [0.05, 0.1) is 10.5 Å². The van der Waals surface area contributed by atoms with Gasteiger partial charge in [-0.05, 0) is 80.8 Å². The Balaban J connectivity index is 1.50. The molecule has 34 heavy (non-hydrogen) atoms. The quantitative estimate of drug-likeness (QED) is 0.540. The molecule has 0 aliphatic carbocycles. The number of carbonyl (C=O) groups is 1. The summed E-state index contributed by atoms with van der Waals surface area (Å²) in [6.07, 6.45) is 8.77. The van der Waals surface area contributed by atoms with Crippen LogP contribution >= 0.6 is 11.8 Å². The zero-order valence-electron chi connectivity index (χ0n) is 20.0. The van der Waals surface area contributed by atoms with Crippen LogP contribution in [0.5, 0.6) is 0 Å². The van der Waals surface area contributed by atoms with Crippen molar-refractivity contribution in [2.24, 2.45) is 0 Å². The minimum Gasteiger partial charge on any atom is -0.339 e. The molecule has 0 saturated carbocycles. The van der Waals surface area contributed by atoms with Crippen molar-refractivity contribution in [3.05, 3.63) is 59.2 Å². The van der Waals surface area contributed by atoms with E-state index >= 15 is 0 Å². The molecule has 2 heterocycles. The maximum absolute atomic E-state index is 13.2. The zero-order valence-corrected chi connectivity index (χ0v) is 21.6. The van der Waals surface area contributed by atoms with E-state index in [9.17, 15) is 13.2 Å². The predicted molar refractivity (Wildman–Crippen MR) is 138 cm³/mol. The molecule has 2 aliphatic heterocycles. The fourth-order valence-electron chi connectivity index (χ4n) is 4.79. The third-order valence-electron chi connectivity index (χ3n) is 6.77. The molecular formula is C26H35N3O3S2.